The molecule has 9 nitrogen and oxygen atoms in total. The Kier molecular flexibility index (Phi) is 8.97. The molecular formula is C33H30IN5O4. The highest BCUT2D eigenvalue weighted by atomic mass is 127. The zero-order valence-electron chi connectivity index (χ0n) is 23.3. The van der Waals surface area contributed by atoms with Crippen LogP contribution in [0, 0.1) is 14.9 Å². The third-order valence-corrected chi connectivity index (χ3v) is 8.26. The molecule has 218 valence electrons. The lowest BCUT2D eigenvalue weighted by atomic mass is 9.92. The van der Waals surface area contributed by atoms with Gasteiger partial charge in [0.05, 0.1) is 32.1 Å². The Hall–Kier alpha value is -3.86. The topological polar surface area (TPSA) is 117 Å². The Bertz CT molecular complexity index is 1700. The van der Waals surface area contributed by atoms with Gasteiger partial charge >= 0.3 is 0 Å². The lowest BCUT2D eigenvalue weighted by molar-refractivity contribution is -0.0971. The van der Waals surface area contributed by atoms with Crippen molar-refractivity contribution in [1.82, 2.24) is 14.6 Å². The fourth-order valence-corrected chi connectivity index (χ4v) is 6.17. The van der Waals surface area contributed by atoms with E-state index in [1.54, 1.807) is 4.52 Å². The molecule has 4 atom stereocenters. The molecule has 0 radical (unpaired) electrons. The van der Waals surface area contributed by atoms with Crippen LogP contribution in [0.1, 0.15) is 22.4 Å². The number of nitrogen functional groups attached to an aromatic ring is 1. The van der Waals surface area contributed by atoms with E-state index >= 15 is 0 Å². The molecule has 0 bridgehead atoms. The molecule has 1 aliphatic heterocycles. The van der Waals surface area contributed by atoms with Crippen LogP contribution in [-0.2, 0) is 44.4 Å². The molecule has 6 rings (SSSR count). The summed E-state index contributed by atoms with van der Waals surface area (Å²) in [7, 11) is 0. The standard InChI is InChI=1S/C33H30IN5O4/c34-26-16-28(39-29(26)32(36)37-22-38-39)33(21-35)31(42-19-25-14-8-3-9-15-25)30(41-18-24-12-6-2-7-13-24)27(43-33)20-40-17-23-10-4-1-5-11-23/h1-16,22,27,30-31H,17-20H2,(H2,36,37,38)/t27-,30-,31-,33+/m1/s1. The molecule has 3 aromatic carbocycles. The van der Waals surface area contributed by atoms with E-state index < -0.39 is 23.9 Å². The first-order chi connectivity index (χ1) is 21.1. The van der Waals surface area contributed by atoms with Crippen LogP contribution in [0.3, 0.4) is 0 Å². The van der Waals surface area contributed by atoms with Gasteiger partial charge in [0.1, 0.15) is 36.2 Å². The minimum absolute atomic E-state index is 0.181. The second kappa shape index (κ2) is 13.2. The molecule has 2 N–H and O–H groups in total. The molecule has 10 heteroatoms. The molecule has 0 unspecified atom stereocenters. The molecule has 0 spiro atoms. The van der Waals surface area contributed by atoms with Crippen molar-refractivity contribution in [3.05, 3.63) is 129 Å². The van der Waals surface area contributed by atoms with Crippen LogP contribution in [-0.4, -0.2) is 39.5 Å². The first-order valence-corrected chi connectivity index (χ1v) is 15.0. The number of hydrogen-bond donors (Lipinski definition) is 1. The number of aromatic nitrogens is 3. The van der Waals surface area contributed by atoms with Gasteiger partial charge in [-0.15, -0.1) is 0 Å². The van der Waals surface area contributed by atoms with E-state index in [0.717, 1.165) is 20.3 Å². The Morgan fingerprint density at radius 3 is 2.07 bits per heavy atom. The van der Waals surface area contributed by atoms with E-state index in [1.165, 1.54) is 6.33 Å². The predicted octanol–water partition coefficient (Wildman–Crippen LogP) is 5.42. The second-order valence-electron chi connectivity index (χ2n) is 10.3. The number of nitriles is 1. The number of halogens is 1. The van der Waals surface area contributed by atoms with Gasteiger partial charge in [0.2, 0.25) is 5.60 Å². The summed E-state index contributed by atoms with van der Waals surface area (Å²) in [4.78, 5) is 4.16. The van der Waals surface area contributed by atoms with Gasteiger partial charge in [-0.25, -0.2) is 9.50 Å². The van der Waals surface area contributed by atoms with E-state index in [1.807, 2.05) is 97.1 Å². The molecular weight excluding hydrogens is 657 g/mol. The molecule has 43 heavy (non-hydrogen) atoms. The fourth-order valence-electron chi connectivity index (χ4n) is 5.37. The SMILES string of the molecule is N#C[C@@]1(c2cc(I)c3c(N)ncnn23)O[C@H](COCc2ccccc2)[C@@H](OCc2ccccc2)[C@H]1OCc1ccccc1. The van der Waals surface area contributed by atoms with E-state index in [9.17, 15) is 5.26 Å². The summed E-state index contributed by atoms with van der Waals surface area (Å²) < 4.78 is 28.5. The van der Waals surface area contributed by atoms with Crippen molar-refractivity contribution in [3.8, 4) is 6.07 Å². The Morgan fingerprint density at radius 2 is 1.47 bits per heavy atom. The lowest BCUT2D eigenvalue weighted by Crippen LogP contribution is -2.44. The van der Waals surface area contributed by atoms with Crippen molar-refractivity contribution in [2.24, 2.45) is 0 Å². The average Bonchev–Trinajstić information content (AvgIpc) is 3.55. The van der Waals surface area contributed by atoms with E-state index in [4.69, 9.17) is 24.7 Å². The van der Waals surface area contributed by atoms with Gasteiger partial charge in [0.15, 0.2) is 5.82 Å². The monoisotopic (exact) mass is 687 g/mol. The van der Waals surface area contributed by atoms with Crippen LogP contribution >= 0.6 is 22.6 Å². The average molecular weight is 688 g/mol. The van der Waals surface area contributed by atoms with Crippen LogP contribution in [0.15, 0.2) is 103 Å². The van der Waals surface area contributed by atoms with E-state index in [2.05, 4.69) is 38.7 Å². The second-order valence-corrected chi connectivity index (χ2v) is 11.4. The lowest BCUT2D eigenvalue weighted by Gasteiger charge is -2.29. The van der Waals surface area contributed by atoms with E-state index in [0.29, 0.717) is 30.2 Å². The molecule has 3 heterocycles. The third kappa shape index (κ3) is 6.13. The number of nitrogens with zero attached hydrogens (tertiary/aromatic N) is 4. The number of benzene rings is 3. The zero-order chi connectivity index (χ0) is 29.6. The number of nitrogens with two attached hydrogens (primary N) is 1. The maximum atomic E-state index is 11.0. The highest BCUT2D eigenvalue weighted by Crippen LogP contribution is 2.45. The van der Waals surface area contributed by atoms with Crippen LogP contribution in [0.25, 0.3) is 5.52 Å². The maximum absolute atomic E-state index is 11.0. The first kappa shape index (κ1) is 29.2. The first-order valence-electron chi connectivity index (χ1n) is 13.9. The van der Waals surface area contributed by atoms with Gasteiger partial charge in [0, 0.05) is 3.57 Å². The van der Waals surface area contributed by atoms with Crippen LogP contribution in [0.2, 0.25) is 0 Å². The van der Waals surface area contributed by atoms with Gasteiger partial charge in [-0.05, 0) is 45.3 Å². The normalized spacial score (nSPS) is 21.6. The van der Waals surface area contributed by atoms with Crippen molar-refractivity contribution >= 4 is 33.9 Å². The summed E-state index contributed by atoms with van der Waals surface area (Å²) >= 11 is 2.17. The quantitative estimate of drug-likeness (QED) is 0.183. The number of fused-ring (bicyclic) bond motifs is 1. The summed E-state index contributed by atoms with van der Waals surface area (Å²) in [5.41, 5.74) is 8.71. The Morgan fingerprint density at radius 1 is 0.884 bits per heavy atom. The summed E-state index contributed by atoms with van der Waals surface area (Å²) in [6.07, 6.45) is -0.750. The number of hydrogen-bond acceptors (Lipinski definition) is 8. The van der Waals surface area contributed by atoms with Crippen LogP contribution < -0.4 is 5.73 Å². The zero-order valence-corrected chi connectivity index (χ0v) is 25.4. The van der Waals surface area contributed by atoms with Crippen LogP contribution in [0.5, 0.6) is 0 Å². The summed E-state index contributed by atoms with van der Waals surface area (Å²) in [5.74, 6) is 0.304. The van der Waals surface area contributed by atoms with Crippen molar-refractivity contribution in [2.75, 3.05) is 12.3 Å². The largest absolute Gasteiger partial charge is 0.382 e. The number of anilines is 1. The molecule has 2 aromatic heterocycles. The van der Waals surface area contributed by atoms with Crippen molar-refractivity contribution in [3.63, 3.8) is 0 Å². The Balaban J connectivity index is 1.39. The molecule has 5 aromatic rings. The minimum atomic E-state index is -1.59. The fraction of sp³-hybridized carbons (Fsp3) is 0.242. The van der Waals surface area contributed by atoms with Gasteiger partial charge in [0.25, 0.3) is 0 Å². The highest BCUT2D eigenvalue weighted by Gasteiger charge is 2.60. The van der Waals surface area contributed by atoms with Crippen molar-refractivity contribution < 1.29 is 18.9 Å². The number of ether oxygens (including phenoxy) is 4. The smallest absolute Gasteiger partial charge is 0.225 e. The summed E-state index contributed by atoms with van der Waals surface area (Å²) in [5, 5.41) is 15.4. The molecule has 0 saturated carbocycles. The summed E-state index contributed by atoms with van der Waals surface area (Å²) in [6, 6.07) is 33.9. The highest BCUT2D eigenvalue weighted by molar-refractivity contribution is 14.1. The third-order valence-electron chi connectivity index (χ3n) is 7.44. The van der Waals surface area contributed by atoms with Gasteiger partial charge < -0.3 is 24.7 Å². The van der Waals surface area contributed by atoms with Gasteiger partial charge in [-0.3, -0.25) is 0 Å². The minimum Gasteiger partial charge on any atom is -0.382 e. The summed E-state index contributed by atoms with van der Waals surface area (Å²) in [6.45, 7) is 1.12. The number of rotatable bonds is 11. The van der Waals surface area contributed by atoms with Crippen molar-refractivity contribution in [2.45, 2.75) is 43.7 Å². The predicted molar refractivity (Wildman–Crippen MR) is 168 cm³/mol. The van der Waals surface area contributed by atoms with Crippen LogP contribution in [0.4, 0.5) is 5.82 Å². The van der Waals surface area contributed by atoms with E-state index in [-0.39, 0.29) is 13.2 Å². The molecule has 0 amide bonds. The molecule has 0 aliphatic carbocycles. The molecule has 1 fully saturated rings. The van der Waals surface area contributed by atoms with Gasteiger partial charge in [-0.2, -0.15) is 10.4 Å². The Labute approximate surface area is 263 Å². The molecule has 1 aliphatic rings. The maximum Gasteiger partial charge on any atom is 0.225 e. The molecule has 1 saturated heterocycles. The van der Waals surface area contributed by atoms with Crippen molar-refractivity contribution in [1.29, 1.82) is 5.26 Å². The van der Waals surface area contributed by atoms with Gasteiger partial charge in [-0.1, -0.05) is 91.0 Å².